The molecule has 1 aliphatic rings. The van der Waals surface area contributed by atoms with Gasteiger partial charge in [-0.3, -0.25) is 4.79 Å². The van der Waals surface area contributed by atoms with E-state index in [9.17, 15) is 4.79 Å². The molecule has 2 heterocycles. The quantitative estimate of drug-likeness (QED) is 0.690. The van der Waals surface area contributed by atoms with E-state index in [0.717, 1.165) is 24.4 Å². The van der Waals surface area contributed by atoms with Gasteiger partial charge in [0.05, 0.1) is 6.26 Å². The largest absolute Gasteiger partial charge is 0.486 e. The van der Waals surface area contributed by atoms with Gasteiger partial charge >= 0.3 is 0 Å². The molecule has 1 aliphatic carbocycles. The van der Waals surface area contributed by atoms with Gasteiger partial charge in [-0.1, -0.05) is 11.2 Å². The van der Waals surface area contributed by atoms with Crippen LogP contribution in [-0.4, -0.2) is 17.6 Å². The summed E-state index contributed by atoms with van der Waals surface area (Å²) in [5, 5.41) is 6.62. The topological polar surface area (TPSA) is 77.5 Å². The lowest BCUT2D eigenvalue weighted by Crippen LogP contribution is -2.25. The first-order chi connectivity index (χ1) is 13.3. The highest BCUT2D eigenvalue weighted by atomic mass is 16.5. The van der Waals surface area contributed by atoms with Crippen molar-refractivity contribution in [2.24, 2.45) is 0 Å². The Morgan fingerprint density at radius 1 is 1.11 bits per heavy atom. The highest BCUT2D eigenvalue weighted by Gasteiger charge is 2.14. The van der Waals surface area contributed by atoms with Gasteiger partial charge in [0.1, 0.15) is 18.1 Å². The van der Waals surface area contributed by atoms with E-state index in [0.29, 0.717) is 18.7 Å². The molecule has 0 radical (unpaired) electrons. The number of hydrogen-bond donors (Lipinski definition) is 1. The fraction of sp³-hybridized carbons (Fsp3) is 0.333. The molecule has 0 unspecified atom stereocenters. The lowest BCUT2D eigenvalue weighted by atomic mass is 9.92. The zero-order valence-corrected chi connectivity index (χ0v) is 15.1. The van der Waals surface area contributed by atoms with Crippen molar-refractivity contribution in [2.75, 3.05) is 6.54 Å². The van der Waals surface area contributed by atoms with Crippen LogP contribution in [0.5, 0.6) is 5.75 Å². The highest BCUT2D eigenvalue weighted by Crippen LogP contribution is 2.25. The predicted molar refractivity (Wildman–Crippen MR) is 98.7 cm³/mol. The van der Waals surface area contributed by atoms with E-state index < -0.39 is 0 Å². The molecular formula is C21H22N2O4. The summed E-state index contributed by atoms with van der Waals surface area (Å²) >= 11 is 0. The molecule has 140 valence electrons. The van der Waals surface area contributed by atoms with E-state index in [2.05, 4.69) is 22.6 Å². The lowest BCUT2D eigenvalue weighted by molar-refractivity contribution is 0.0944. The third-order valence-electron chi connectivity index (χ3n) is 4.73. The second-order valence-corrected chi connectivity index (χ2v) is 6.69. The number of amides is 1. The summed E-state index contributed by atoms with van der Waals surface area (Å²) < 4.78 is 16.3. The monoisotopic (exact) mass is 366 g/mol. The number of benzene rings is 1. The first-order valence-corrected chi connectivity index (χ1v) is 9.29. The van der Waals surface area contributed by atoms with Crippen molar-refractivity contribution in [3.8, 4) is 5.75 Å². The van der Waals surface area contributed by atoms with Crippen molar-refractivity contribution < 1.29 is 18.5 Å². The molecule has 0 fully saturated rings. The van der Waals surface area contributed by atoms with E-state index in [1.54, 1.807) is 12.3 Å². The number of furan rings is 1. The first-order valence-electron chi connectivity index (χ1n) is 9.29. The zero-order valence-electron chi connectivity index (χ0n) is 15.1. The van der Waals surface area contributed by atoms with Gasteiger partial charge < -0.3 is 19.0 Å². The van der Waals surface area contributed by atoms with Crippen molar-refractivity contribution in [3.05, 3.63) is 71.0 Å². The van der Waals surface area contributed by atoms with Crippen molar-refractivity contribution >= 4 is 5.91 Å². The van der Waals surface area contributed by atoms with Crippen LogP contribution in [0.4, 0.5) is 0 Å². The Morgan fingerprint density at radius 3 is 2.85 bits per heavy atom. The van der Waals surface area contributed by atoms with Crippen LogP contribution in [0.2, 0.25) is 0 Å². The molecule has 0 bridgehead atoms. The molecule has 1 aromatic carbocycles. The highest BCUT2D eigenvalue weighted by molar-refractivity contribution is 5.92. The summed E-state index contributed by atoms with van der Waals surface area (Å²) in [5.41, 5.74) is 3.04. The molecule has 0 aliphatic heterocycles. The molecule has 0 atom stereocenters. The fourth-order valence-electron chi connectivity index (χ4n) is 3.29. The van der Waals surface area contributed by atoms with Crippen LogP contribution in [0.1, 0.15) is 46.0 Å². The van der Waals surface area contributed by atoms with Crippen LogP contribution in [0.3, 0.4) is 0 Å². The van der Waals surface area contributed by atoms with Gasteiger partial charge in [0, 0.05) is 19.0 Å². The summed E-state index contributed by atoms with van der Waals surface area (Å²) in [6.45, 7) is 0.714. The molecule has 0 saturated carbocycles. The molecule has 27 heavy (non-hydrogen) atoms. The summed E-state index contributed by atoms with van der Waals surface area (Å²) in [4.78, 5) is 12.1. The summed E-state index contributed by atoms with van der Waals surface area (Å²) in [7, 11) is 0. The van der Waals surface area contributed by atoms with Gasteiger partial charge in [-0.2, -0.15) is 0 Å². The molecule has 0 saturated heterocycles. The molecule has 6 nitrogen and oxygen atoms in total. The van der Waals surface area contributed by atoms with Crippen molar-refractivity contribution in [3.63, 3.8) is 0 Å². The molecule has 2 aromatic heterocycles. The lowest BCUT2D eigenvalue weighted by Gasteiger charge is -2.16. The van der Waals surface area contributed by atoms with Crippen molar-refractivity contribution in [2.45, 2.75) is 38.7 Å². The van der Waals surface area contributed by atoms with Gasteiger partial charge in [0.25, 0.3) is 5.91 Å². The van der Waals surface area contributed by atoms with Gasteiger partial charge in [-0.25, -0.2) is 0 Å². The van der Waals surface area contributed by atoms with Gasteiger partial charge in [-0.15, -0.1) is 0 Å². The maximum Gasteiger partial charge on any atom is 0.273 e. The number of aryl methyl sites for hydroxylation is 2. The molecule has 1 N–H and O–H groups in total. The fourth-order valence-corrected chi connectivity index (χ4v) is 3.29. The van der Waals surface area contributed by atoms with Crippen LogP contribution >= 0.6 is 0 Å². The SMILES string of the molecule is O=C(NCCc1ccco1)c1cc(COc2ccc3c(c2)CCCC3)on1. The maximum atomic E-state index is 12.1. The number of nitrogens with one attached hydrogen (secondary N) is 1. The Bertz CT molecular complexity index is 899. The molecule has 1 amide bonds. The van der Waals surface area contributed by atoms with E-state index in [1.807, 2.05) is 18.2 Å². The van der Waals surface area contributed by atoms with Gasteiger partial charge in [0.15, 0.2) is 11.5 Å². The zero-order chi connectivity index (χ0) is 18.5. The normalized spacial score (nSPS) is 13.2. The smallest absolute Gasteiger partial charge is 0.273 e. The van der Waals surface area contributed by atoms with Gasteiger partial charge in [0.2, 0.25) is 0 Å². The number of ether oxygens (including phenoxy) is 1. The molecular weight excluding hydrogens is 344 g/mol. The van der Waals surface area contributed by atoms with Crippen LogP contribution in [-0.2, 0) is 25.9 Å². The van der Waals surface area contributed by atoms with E-state index in [-0.39, 0.29) is 18.2 Å². The Balaban J connectivity index is 1.28. The van der Waals surface area contributed by atoms with Crippen LogP contribution < -0.4 is 10.1 Å². The Morgan fingerprint density at radius 2 is 2.00 bits per heavy atom. The Labute approximate surface area is 157 Å². The third-order valence-corrected chi connectivity index (χ3v) is 4.73. The number of aromatic nitrogens is 1. The summed E-state index contributed by atoms with van der Waals surface area (Å²) in [6.07, 6.45) is 7.00. The van der Waals surface area contributed by atoms with Gasteiger partial charge in [-0.05, 0) is 61.1 Å². The number of fused-ring (bicyclic) bond motifs is 1. The summed E-state index contributed by atoms with van der Waals surface area (Å²) in [5.74, 6) is 1.89. The number of carbonyl (C=O) groups is 1. The third kappa shape index (κ3) is 4.39. The number of rotatable bonds is 7. The predicted octanol–water partition coefficient (Wildman–Crippen LogP) is 3.70. The number of carbonyl (C=O) groups excluding carboxylic acids is 1. The van der Waals surface area contributed by atoms with Crippen LogP contribution in [0.25, 0.3) is 0 Å². The maximum absolute atomic E-state index is 12.1. The van der Waals surface area contributed by atoms with Crippen molar-refractivity contribution in [1.29, 1.82) is 0 Å². The number of hydrogen-bond acceptors (Lipinski definition) is 5. The van der Waals surface area contributed by atoms with Crippen LogP contribution in [0, 0.1) is 0 Å². The van der Waals surface area contributed by atoms with E-state index >= 15 is 0 Å². The molecule has 0 spiro atoms. The average molecular weight is 366 g/mol. The average Bonchev–Trinajstić information content (AvgIpc) is 3.38. The standard InChI is InChI=1S/C21H22N2O4/c24-21(22-10-9-17-6-3-11-25-17)20-13-19(27-23-20)14-26-18-8-7-15-4-1-2-5-16(15)12-18/h3,6-8,11-13H,1-2,4-5,9-10,14H2,(H,22,24). The van der Waals surface area contributed by atoms with E-state index in [1.165, 1.54) is 24.0 Å². The molecule has 3 aromatic rings. The number of nitrogens with zero attached hydrogens (tertiary/aromatic N) is 1. The second kappa shape index (κ2) is 8.12. The Kier molecular flexibility index (Phi) is 5.23. The minimum atomic E-state index is -0.273. The van der Waals surface area contributed by atoms with E-state index in [4.69, 9.17) is 13.7 Å². The van der Waals surface area contributed by atoms with Crippen LogP contribution in [0.15, 0.2) is 51.6 Å². The molecule has 4 rings (SSSR count). The van der Waals surface area contributed by atoms with Crippen molar-refractivity contribution in [1.82, 2.24) is 10.5 Å². The first kappa shape index (κ1) is 17.4. The summed E-state index contributed by atoms with van der Waals surface area (Å²) in [6, 6.07) is 11.5. The Hall–Kier alpha value is -3.02. The second-order valence-electron chi connectivity index (χ2n) is 6.69. The minimum absolute atomic E-state index is 0.242. The minimum Gasteiger partial charge on any atom is -0.486 e. The molecule has 6 heteroatoms.